The molecule has 0 bridgehead atoms. The van der Waals surface area contributed by atoms with E-state index in [4.69, 9.17) is 15.2 Å². The Morgan fingerprint density at radius 3 is 2.25 bits per heavy atom. The van der Waals surface area contributed by atoms with Gasteiger partial charge in [-0.1, -0.05) is 0 Å². The van der Waals surface area contributed by atoms with Gasteiger partial charge in [0.25, 0.3) is 0 Å². The van der Waals surface area contributed by atoms with E-state index in [-0.39, 0.29) is 18.3 Å². The first-order chi connectivity index (χ1) is 8.90. The molecule has 0 saturated heterocycles. The van der Waals surface area contributed by atoms with Crippen LogP contribution in [-0.2, 0) is 11.3 Å². The zero-order chi connectivity index (χ0) is 14.6. The van der Waals surface area contributed by atoms with Crippen LogP contribution in [0.2, 0.25) is 0 Å². The maximum absolute atomic E-state index is 11.8. The SMILES string of the molecule is COc1cc(C)c(CN(C)C(=O)[C@@H](C)N)cc1OC.Cl. The van der Waals surface area contributed by atoms with Gasteiger partial charge in [-0.3, -0.25) is 4.79 Å². The van der Waals surface area contributed by atoms with Gasteiger partial charge in [-0.05, 0) is 37.1 Å². The third kappa shape index (κ3) is 4.28. The van der Waals surface area contributed by atoms with Crippen LogP contribution >= 0.6 is 12.4 Å². The minimum absolute atomic E-state index is 0. The maximum Gasteiger partial charge on any atom is 0.239 e. The van der Waals surface area contributed by atoms with Gasteiger partial charge >= 0.3 is 0 Å². The molecule has 0 aliphatic rings. The zero-order valence-corrected chi connectivity index (χ0v) is 13.4. The van der Waals surface area contributed by atoms with Crippen molar-refractivity contribution in [1.82, 2.24) is 4.90 Å². The number of likely N-dealkylation sites (N-methyl/N-ethyl adjacent to an activating group) is 1. The van der Waals surface area contributed by atoms with Gasteiger partial charge < -0.3 is 20.1 Å². The van der Waals surface area contributed by atoms with E-state index in [0.717, 1.165) is 11.1 Å². The van der Waals surface area contributed by atoms with Crippen LogP contribution in [0.3, 0.4) is 0 Å². The highest BCUT2D eigenvalue weighted by Gasteiger charge is 2.16. The normalized spacial score (nSPS) is 11.3. The molecular weight excluding hydrogens is 280 g/mol. The fraction of sp³-hybridized carbons (Fsp3) is 0.500. The zero-order valence-electron chi connectivity index (χ0n) is 12.6. The van der Waals surface area contributed by atoms with E-state index >= 15 is 0 Å². The molecular formula is C14H23ClN2O3. The molecule has 0 aliphatic heterocycles. The van der Waals surface area contributed by atoms with Crippen LogP contribution < -0.4 is 15.2 Å². The number of carbonyl (C=O) groups is 1. The van der Waals surface area contributed by atoms with Crippen molar-refractivity contribution in [2.24, 2.45) is 5.73 Å². The molecule has 0 heterocycles. The third-order valence-electron chi connectivity index (χ3n) is 3.02. The lowest BCUT2D eigenvalue weighted by atomic mass is 10.1. The Hall–Kier alpha value is -1.46. The van der Waals surface area contributed by atoms with Crippen molar-refractivity contribution in [3.8, 4) is 11.5 Å². The number of rotatable bonds is 5. The minimum atomic E-state index is -0.495. The molecule has 20 heavy (non-hydrogen) atoms. The molecule has 0 fully saturated rings. The van der Waals surface area contributed by atoms with E-state index in [1.807, 2.05) is 19.1 Å². The van der Waals surface area contributed by atoms with Crippen LogP contribution in [0.5, 0.6) is 11.5 Å². The molecule has 1 atom stereocenters. The number of carbonyl (C=O) groups excluding carboxylic acids is 1. The Morgan fingerprint density at radius 1 is 1.30 bits per heavy atom. The third-order valence-corrected chi connectivity index (χ3v) is 3.02. The molecule has 0 saturated carbocycles. The number of benzene rings is 1. The monoisotopic (exact) mass is 302 g/mol. The number of halogens is 1. The number of aryl methyl sites for hydroxylation is 1. The fourth-order valence-corrected chi connectivity index (χ4v) is 1.87. The topological polar surface area (TPSA) is 64.8 Å². The Kier molecular flexibility index (Phi) is 7.39. The van der Waals surface area contributed by atoms with Gasteiger partial charge in [0.05, 0.1) is 20.3 Å². The number of methoxy groups -OCH3 is 2. The number of hydrogen-bond acceptors (Lipinski definition) is 4. The molecule has 1 aromatic carbocycles. The van der Waals surface area contributed by atoms with Gasteiger partial charge in [0, 0.05) is 13.6 Å². The van der Waals surface area contributed by atoms with Crippen molar-refractivity contribution in [2.75, 3.05) is 21.3 Å². The lowest BCUT2D eigenvalue weighted by Gasteiger charge is -2.21. The summed E-state index contributed by atoms with van der Waals surface area (Å²) in [5.41, 5.74) is 7.65. The number of amides is 1. The van der Waals surface area contributed by atoms with Crippen LogP contribution in [0.25, 0.3) is 0 Å². The molecule has 0 aliphatic carbocycles. The van der Waals surface area contributed by atoms with E-state index in [2.05, 4.69) is 0 Å². The quantitative estimate of drug-likeness (QED) is 0.900. The molecule has 5 nitrogen and oxygen atoms in total. The summed E-state index contributed by atoms with van der Waals surface area (Å²) >= 11 is 0. The van der Waals surface area contributed by atoms with E-state index in [1.54, 1.807) is 33.1 Å². The highest BCUT2D eigenvalue weighted by Crippen LogP contribution is 2.30. The lowest BCUT2D eigenvalue weighted by molar-refractivity contribution is -0.131. The van der Waals surface area contributed by atoms with Crippen LogP contribution in [0.4, 0.5) is 0 Å². The second-order valence-corrected chi connectivity index (χ2v) is 4.62. The maximum atomic E-state index is 11.8. The Morgan fingerprint density at radius 2 is 1.80 bits per heavy atom. The van der Waals surface area contributed by atoms with Crippen LogP contribution in [-0.4, -0.2) is 38.1 Å². The molecule has 0 radical (unpaired) electrons. The average Bonchev–Trinajstić information content (AvgIpc) is 2.39. The summed E-state index contributed by atoms with van der Waals surface area (Å²) in [7, 11) is 4.93. The molecule has 114 valence electrons. The van der Waals surface area contributed by atoms with Crippen molar-refractivity contribution in [1.29, 1.82) is 0 Å². The second-order valence-electron chi connectivity index (χ2n) is 4.62. The van der Waals surface area contributed by atoms with Gasteiger partial charge in [-0.15, -0.1) is 12.4 Å². The Labute approximate surface area is 126 Å². The Bertz CT molecular complexity index is 464. The van der Waals surface area contributed by atoms with Crippen LogP contribution in [0.15, 0.2) is 12.1 Å². The smallest absolute Gasteiger partial charge is 0.239 e. The van der Waals surface area contributed by atoms with Crippen molar-refractivity contribution < 1.29 is 14.3 Å². The fourth-order valence-electron chi connectivity index (χ4n) is 1.87. The van der Waals surface area contributed by atoms with E-state index < -0.39 is 6.04 Å². The van der Waals surface area contributed by atoms with Crippen molar-refractivity contribution in [3.63, 3.8) is 0 Å². The molecule has 6 heteroatoms. The van der Waals surface area contributed by atoms with Crippen LogP contribution in [0.1, 0.15) is 18.1 Å². The van der Waals surface area contributed by atoms with Gasteiger partial charge in [0.1, 0.15) is 0 Å². The summed E-state index contributed by atoms with van der Waals surface area (Å²) in [6.45, 7) is 4.15. The highest BCUT2D eigenvalue weighted by atomic mass is 35.5. The number of nitrogens with two attached hydrogens (primary N) is 1. The van der Waals surface area contributed by atoms with Gasteiger partial charge in [-0.25, -0.2) is 0 Å². The largest absolute Gasteiger partial charge is 0.493 e. The molecule has 2 N–H and O–H groups in total. The summed E-state index contributed by atoms with van der Waals surface area (Å²) in [5, 5.41) is 0. The number of hydrogen-bond donors (Lipinski definition) is 1. The first-order valence-electron chi connectivity index (χ1n) is 6.12. The summed E-state index contributed by atoms with van der Waals surface area (Å²) in [4.78, 5) is 13.4. The van der Waals surface area contributed by atoms with Crippen LogP contribution in [0, 0.1) is 6.92 Å². The molecule has 0 spiro atoms. The van der Waals surface area contributed by atoms with Gasteiger partial charge in [0.15, 0.2) is 11.5 Å². The molecule has 1 amide bonds. The first kappa shape index (κ1) is 18.5. The van der Waals surface area contributed by atoms with E-state index in [0.29, 0.717) is 18.0 Å². The van der Waals surface area contributed by atoms with Gasteiger partial charge in [-0.2, -0.15) is 0 Å². The Balaban J connectivity index is 0.00000361. The van der Waals surface area contributed by atoms with E-state index in [1.165, 1.54) is 0 Å². The highest BCUT2D eigenvalue weighted by molar-refractivity contribution is 5.85. The van der Waals surface area contributed by atoms with Crippen molar-refractivity contribution >= 4 is 18.3 Å². The predicted octanol–water partition coefficient (Wildman–Crippen LogP) is 1.74. The summed E-state index contributed by atoms with van der Waals surface area (Å²) in [5.74, 6) is 1.25. The first-order valence-corrected chi connectivity index (χ1v) is 6.12. The molecule has 0 aromatic heterocycles. The summed E-state index contributed by atoms with van der Waals surface area (Å²) in [6.07, 6.45) is 0. The predicted molar refractivity (Wildman–Crippen MR) is 81.7 cm³/mol. The minimum Gasteiger partial charge on any atom is -0.493 e. The average molecular weight is 303 g/mol. The molecule has 0 unspecified atom stereocenters. The standard InChI is InChI=1S/C14H22N2O3.ClH/c1-9-6-12(18-4)13(19-5)7-11(9)8-16(3)14(17)10(2)15;/h6-7,10H,8,15H2,1-5H3;1H/t10-;/m1./s1. The second kappa shape index (κ2) is 7.97. The van der Waals surface area contributed by atoms with Crippen molar-refractivity contribution in [3.05, 3.63) is 23.3 Å². The summed E-state index contributed by atoms with van der Waals surface area (Å²) in [6, 6.07) is 3.29. The van der Waals surface area contributed by atoms with E-state index in [9.17, 15) is 4.79 Å². The molecule has 1 aromatic rings. The number of ether oxygens (including phenoxy) is 2. The lowest BCUT2D eigenvalue weighted by Crippen LogP contribution is -2.39. The summed E-state index contributed by atoms with van der Waals surface area (Å²) < 4.78 is 10.5. The number of nitrogens with zero attached hydrogens (tertiary/aromatic N) is 1. The molecule has 1 rings (SSSR count). The van der Waals surface area contributed by atoms with Crippen molar-refractivity contribution in [2.45, 2.75) is 26.4 Å². The van der Waals surface area contributed by atoms with Gasteiger partial charge in [0.2, 0.25) is 5.91 Å².